The lowest BCUT2D eigenvalue weighted by molar-refractivity contribution is 0.331. The van der Waals surface area contributed by atoms with E-state index < -0.39 is 0 Å². The molecule has 1 saturated heterocycles. The first-order valence-corrected chi connectivity index (χ1v) is 10.8. The third kappa shape index (κ3) is 3.63. The SMILES string of the molecule is Cc1nc2ccccc2nc1N1CCC(Cn2nc3c(cc2=O)CCCC3)CC1. The van der Waals surface area contributed by atoms with Crippen molar-refractivity contribution in [2.75, 3.05) is 18.0 Å². The van der Waals surface area contributed by atoms with E-state index in [1.165, 1.54) is 12.8 Å². The Bertz CT molecular complexity index is 1100. The average molecular weight is 390 g/mol. The van der Waals surface area contributed by atoms with Gasteiger partial charge in [-0.2, -0.15) is 5.10 Å². The Hall–Kier alpha value is -2.76. The smallest absolute Gasteiger partial charge is 0.267 e. The van der Waals surface area contributed by atoms with Crippen LogP contribution in [0, 0.1) is 12.8 Å². The summed E-state index contributed by atoms with van der Waals surface area (Å²) < 4.78 is 1.71. The molecule has 0 bridgehead atoms. The van der Waals surface area contributed by atoms with E-state index in [0.717, 1.165) is 79.1 Å². The molecule has 0 spiro atoms. The maximum atomic E-state index is 12.5. The number of para-hydroxylation sites is 2. The number of hydrogen-bond acceptors (Lipinski definition) is 5. The van der Waals surface area contributed by atoms with E-state index in [1.54, 1.807) is 4.68 Å². The summed E-state index contributed by atoms with van der Waals surface area (Å²) in [5.41, 5.74) is 5.23. The second kappa shape index (κ2) is 7.58. The van der Waals surface area contributed by atoms with Crippen LogP contribution in [-0.4, -0.2) is 32.8 Å². The molecule has 0 unspecified atom stereocenters. The predicted molar refractivity (Wildman–Crippen MR) is 114 cm³/mol. The topological polar surface area (TPSA) is 63.9 Å². The van der Waals surface area contributed by atoms with Gasteiger partial charge in [0.15, 0.2) is 5.82 Å². The van der Waals surface area contributed by atoms with Crippen LogP contribution >= 0.6 is 0 Å². The van der Waals surface area contributed by atoms with Gasteiger partial charge in [-0.25, -0.2) is 14.6 Å². The molecular formula is C23H27N5O. The molecule has 6 nitrogen and oxygen atoms in total. The number of aromatic nitrogens is 4. The first-order valence-electron chi connectivity index (χ1n) is 10.8. The van der Waals surface area contributed by atoms with E-state index in [-0.39, 0.29) is 5.56 Å². The van der Waals surface area contributed by atoms with E-state index in [1.807, 2.05) is 37.3 Å². The minimum absolute atomic E-state index is 0.0596. The van der Waals surface area contributed by atoms with Crippen molar-refractivity contribution in [2.24, 2.45) is 5.92 Å². The van der Waals surface area contributed by atoms with Crippen LogP contribution < -0.4 is 10.5 Å². The van der Waals surface area contributed by atoms with Crippen LogP contribution in [0.4, 0.5) is 5.82 Å². The monoisotopic (exact) mass is 389 g/mol. The molecule has 6 heteroatoms. The number of piperidine rings is 1. The maximum absolute atomic E-state index is 12.5. The normalized spacial score (nSPS) is 17.5. The lowest BCUT2D eigenvalue weighted by Gasteiger charge is -2.33. The van der Waals surface area contributed by atoms with E-state index in [0.29, 0.717) is 5.92 Å². The van der Waals surface area contributed by atoms with Gasteiger partial charge < -0.3 is 4.90 Å². The van der Waals surface area contributed by atoms with Crippen molar-refractivity contribution in [3.8, 4) is 0 Å². The summed E-state index contributed by atoms with van der Waals surface area (Å²) in [4.78, 5) is 24.4. The van der Waals surface area contributed by atoms with E-state index in [2.05, 4.69) is 4.90 Å². The molecule has 1 aromatic carbocycles. The molecular weight excluding hydrogens is 362 g/mol. The van der Waals surface area contributed by atoms with Gasteiger partial charge in [0.25, 0.3) is 5.56 Å². The van der Waals surface area contributed by atoms with Crippen molar-refractivity contribution in [3.63, 3.8) is 0 Å². The molecule has 0 saturated carbocycles. The minimum atomic E-state index is 0.0596. The molecule has 3 aromatic rings. The van der Waals surface area contributed by atoms with Crippen molar-refractivity contribution in [2.45, 2.75) is 52.0 Å². The van der Waals surface area contributed by atoms with Crippen LogP contribution in [-0.2, 0) is 19.4 Å². The Morgan fingerprint density at radius 2 is 1.76 bits per heavy atom. The summed E-state index contributed by atoms with van der Waals surface area (Å²) in [6, 6.07) is 9.86. The van der Waals surface area contributed by atoms with Gasteiger partial charge in [-0.05, 0) is 69.1 Å². The Kier molecular flexibility index (Phi) is 4.78. The second-order valence-corrected chi connectivity index (χ2v) is 8.40. The molecule has 1 fully saturated rings. The van der Waals surface area contributed by atoms with Crippen LogP contribution in [0.1, 0.15) is 42.6 Å². The van der Waals surface area contributed by atoms with Gasteiger partial charge in [0.1, 0.15) is 0 Å². The van der Waals surface area contributed by atoms with Gasteiger partial charge in [0.05, 0.1) is 22.4 Å². The Morgan fingerprint density at radius 3 is 2.55 bits per heavy atom. The van der Waals surface area contributed by atoms with Crippen molar-refractivity contribution in [1.29, 1.82) is 0 Å². The number of anilines is 1. The number of aryl methyl sites for hydroxylation is 3. The largest absolute Gasteiger partial charge is 0.355 e. The van der Waals surface area contributed by atoms with Crippen molar-refractivity contribution in [3.05, 3.63) is 57.6 Å². The molecule has 5 rings (SSSR count). The maximum Gasteiger partial charge on any atom is 0.267 e. The molecule has 2 aliphatic rings. The minimum Gasteiger partial charge on any atom is -0.355 e. The fourth-order valence-electron chi connectivity index (χ4n) is 4.68. The quantitative estimate of drug-likeness (QED) is 0.688. The van der Waals surface area contributed by atoms with Crippen LogP contribution in [0.2, 0.25) is 0 Å². The Balaban J connectivity index is 1.29. The van der Waals surface area contributed by atoms with Gasteiger partial charge in [0.2, 0.25) is 0 Å². The highest BCUT2D eigenvalue weighted by atomic mass is 16.1. The molecule has 0 amide bonds. The Labute approximate surface area is 170 Å². The zero-order chi connectivity index (χ0) is 19.8. The third-order valence-corrected chi connectivity index (χ3v) is 6.34. The van der Waals surface area contributed by atoms with Crippen molar-refractivity contribution < 1.29 is 0 Å². The first-order chi connectivity index (χ1) is 14.2. The lowest BCUT2D eigenvalue weighted by Crippen LogP contribution is -2.38. The van der Waals surface area contributed by atoms with E-state index in [4.69, 9.17) is 15.1 Å². The second-order valence-electron chi connectivity index (χ2n) is 8.40. The molecule has 1 aliphatic heterocycles. The molecule has 0 N–H and O–H groups in total. The highest BCUT2D eigenvalue weighted by Crippen LogP contribution is 2.26. The fourth-order valence-corrected chi connectivity index (χ4v) is 4.68. The van der Waals surface area contributed by atoms with E-state index in [9.17, 15) is 4.79 Å². The molecule has 1 aliphatic carbocycles. The van der Waals surface area contributed by atoms with Crippen molar-refractivity contribution in [1.82, 2.24) is 19.7 Å². The molecule has 3 heterocycles. The summed E-state index contributed by atoms with van der Waals surface area (Å²) in [6.07, 6.45) is 6.45. The van der Waals surface area contributed by atoms with Gasteiger partial charge in [-0.1, -0.05) is 12.1 Å². The van der Waals surface area contributed by atoms with Crippen LogP contribution in [0.3, 0.4) is 0 Å². The standard InChI is InChI=1S/C23H27N5O/c1-16-23(25-21-9-5-4-8-20(21)24-16)27-12-10-17(11-13-27)15-28-22(29)14-18-6-2-3-7-19(18)26-28/h4-5,8-9,14,17H,2-3,6-7,10-13,15H2,1H3. The van der Waals surface area contributed by atoms with Gasteiger partial charge in [-0.15, -0.1) is 0 Å². The van der Waals surface area contributed by atoms with Crippen LogP contribution in [0.5, 0.6) is 0 Å². The Morgan fingerprint density at radius 1 is 1.03 bits per heavy atom. The van der Waals surface area contributed by atoms with Crippen LogP contribution in [0.25, 0.3) is 11.0 Å². The van der Waals surface area contributed by atoms with Gasteiger partial charge >= 0.3 is 0 Å². The lowest BCUT2D eigenvalue weighted by atomic mass is 9.95. The summed E-state index contributed by atoms with van der Waals surface area (Å²) in [5.74, 6) is 1.47. The molecule has 150 valence electrons. The predicted octanol–water partition coefficient (Wildman–Crippen LogP) is 3.29. The molecule has 0 radical (unpaired) electrons. The highest BCUT2D eigenvalue weighted by molar-refractivity contribution is 5.76. The highest BCUT2D eigenvalue weighted by Gasteiger charge is 2.23. The molecule has 2 aromatic heterocycles. The summed E-state index contributed by atoms with van der Waals surface area (Å²) >= 11 is 0. The first kappa shape index (κ1) is 18.3. The molecule has 29 heavy (non-hydrogen) atoms. The zero-order valence-corrected chi connectivity index (χ0v) is 17.0. The fraction of sp³-hybridized carbons (Fsp3) is 0.478. The number of hydrogen-bond donors (Lipinski definition) is 0. The van der Waals surface area contributed by atoms with Gasteiger partial charge in [-0.3, -0.25) is 4.79 Å². The zero-order valence-electron chi connectivity index (χ0n) is 17.0. The molecule has 0 atom stereocenters. The van der Waals surface area contributed by atoms with E-state index >= 15 is 0 Å². The van der Waals surface area contributed by atoms with Gasteiger partial charge in [0, 0.05) is 25.7 Å². The number of benzene rings is 1. The number of fused-ring (bicyclic) bond motifs is 2. The average Bonchev–Trinajstić information content (AvgIpc) is 2.74. The summed E-state index contributed by atoms with van der Waals surface area (Å²) in [5, 5.41) is 4.70. The number of nitrogens with zero attached hydrogens (tertiary/aromatic N) is 5. The third-order valence-electron chi connectivity index (χ3n) is 6.34. The summed E-state index contributed by atoms with van der Waals surface area (Å²) in [6.45, 7) is 4.65. The van der Waals surface area contributed by atoms with Crippen LogP contribution in [0.15, 0.2) is 35.1 Å². The number of rotatable bonds is 3. The van der Waals surface area contributed by atoms with Crippen molar-refractivity contribution >= 4 is 16.9 Å². The summed E-state index contributed by atoms with van der Waals surface area (Å²) in [7, 11) is 0.